The number of hydrogen-bond acceptors (Lipinski definition) is 2. The normalized spacial score (nSPS) is 11.7. The van der Waals surface area contributed by atoms with Crippen LogP contribution in [0.1, 0.15) is 11.1 Å². The average molecular weight is 591 g/mol. The van der Waals surface area contributed by atoms with Crippen LogP contribution in [0.5, 0.6) is 0 Å². The molecule has 2 nitrogen and oxygen atoms in total. The number of nitrogens with zero attached hydrogens (tertiary/aromatic N) is 2. The van der Waals surface area contributed by atoms with Crippen LogP contribution < -0.4 is 9.80 Å². The van der Waals surface area contributed by atoms with Gasteiger partial charge in [0.15, 0.2) is 0 Å². The second-order valence-corrected chi connectivity index (χ2v) is 11.5. The highest BCUT2D eigenvalue weighted by atomic mass is 15.1. The summed E-state index contributed by atoms with van der Waals surface area (Å²) in [6.07, 6.45) is 5.98. The number of rotatable bonds is 8. The molecular formula is C44H34N2. The van der Waals surface area contributed by atoms with Crippen LogP contribution in [0.15, 0.2) is 181 Å². The summed E-state index contributed by atoms with van der Waals surface area (Å²) in [5, 5.41) is 0. The molecule has 2 heteroatoms. The molecule has 0 saturated heterocycles. The first-order valence-corrected chi connectivity index (χ1v) is 15.6. The van der Waals surface area contributed by atoms with Gasteiger partial charge in [-0.1, -0.05) is 109 Å². The molecule has 46 heavy (non-hydrogen) atoms. The Morgan fingerprint density at radius 1 is 0.457 bits per heavy atom. The van der Waals surface area contributed by atoms with Crippen LogP contribution in [0, 0.1) is 6.92 Å². The number of aryl methyl sites for hydroxylation is 1. The zero-order chi connectivity index (χ0) is 31.3. The predicted octanol–water partition coefficient (Wildman–Crippen LogP) is 11.8. The molecule has 0 aromatic heterocycles. The Kier molecular flexibility index (Phi) is 8.05. The molecule has 0 bridgehead atoms. The molecule has 0 saturated carbocycles. The van der Waals surface area contributed by atoms with Gasteiger partial charge >= 0.3 is 0 Å². The summed E-state index contributed by atoms with van der Waals surface area (Å²) in [7, 11) is 2.13. The summed E-state index contributed by atoms with van der Waals surface area (Å²) in [5.74, 6) is 0. The Morgan fingerprint density at radius 3 is 1.72 bits per heavy atom. The zero-order valence-corrected chi connectivity index (χ0v) is 26.1. The van der Waals surface area contributed by atoms with Crippen LogP contribution in [0.4, 0.5) is 28.4 Å². The summed E-state index contributed by atoms with van der Waals surface area (Å²) in [6.45, 7) is 2.19. The lowest BCUT2D eigenvalue weighted by atomic mass is 10.00. The van der Waals surface area contributed by atoms with Gasteiger partial charge in [-0.05, 0) is 119 Å². The first-order valence-electron chi connectivity index (χ1n) is 15.6. The standard InChI is InChI=1S/C44H34N2/c1-33-24-25-39(36-18-10-5-11-19-36)32-44(33)46(43-23-13-21-38(31-43)35-16-8-4-9-17-35)41-28-26-40(27-29-41)45(2)42-22-12-20-37(30-42)34-14-6-3-7-15-34/h3,5-8,10-32H,1-2H3. The van der Waals surface area contributed by atoms with Gasteiger partial charge in [-0.3, -0.25) is 0 Å². The van der Waals surface area contributed by atoms with Crippen LogP contribution in [0.25, 0.3) is 27.8 Å². The topological polar surface area (TPSA) is 6.48 Å². The monoisotopic (exact) mass is 590 g/mol. The molecule has 6 aromatic carbocycles. The lowest BCUT2D eigenvalue weighted by Gasteiger charge is -2.29. The maximum Gasteiger partial charge on any atom is 0.0496 e. The predicted molar refractivity (Wildman–Crippen MR) is 195 cm³/mol. The third-order valence-corrected chi connectivity index (χ3v) is 8.49. The van der Waals surface area contributed by atoms with Gasteiger partial charge in [-0.2, -0.15) is 0 Å². The molecule has 0 fully saturated rings. The van der Waals surface area contributed by atoms with Crippen LogP contribution >= 0.6 is 0 Å². The summed E-state index contributed by atoms with van der Waals surface area (Å²) in [5.41, 5.74) is 20.0. The van der Waals surface area contributed by atoms with Crippen molar-refractivity contribution in [2.24, 2.45) is 0 Å². The molecule has 7 rings (SSSR count). The van der Waals surface area contributed by atoms with E-state index in [2.05, 4.69) is 193 Å². The maximum absolute atomic E-state index is 3.11. The molecule has 0 atom stereocenters. The molecule has 220 valence electrons. The van der Waals surface area contributed by atoms with Crippen molar-refractivity contribution in [3.05, 3.63) is 192 Å². The first kappa shape index (κ1) is 28.7. The van der Waals surface area contributed by atoms with Crippen molar-refractivity contribution in [1.82, 2.24) is 0 Å². The van der Waals surface area contributed by atoms with Gasteiger partial charge in [-0.15, -0.1) is 0 Å². The molecule has 0 unspecified atom stereocenters. The lowest BCUT2D eigenvalue weighted by Crippen LogP contribution is -2.13. The van der Waals surface area contributed by atoms with Crippen molar-refractivity contribution in [1.29, 1.82) is 0 Å². The van der Waals surface area contributed by atoms with Crippen molar-refractivity contribution in [3.8, 4) is 22.3 Å². The van der Waals surface area contributed by atoms with E-state index in [1.54, 1.807) is 0 Å². The summed E-state index contributed by atoms with van der Waals surface area (Å²) in [6, 6.07) is 54.1. The Bertz CT molecular complexity index is 2130. The Morgan fingerprint density at radius 2 is 1.04 bits per heavy atom. The average Bonchev–Trinajstić information content (AvgIpc) is 3.14. The molecule has 0 heterocycles. The fourth-order valence-corrected chi connectivity index (χ4v) is 5.94. The Balaban J connectivity index is 1.29. The van der Waals surface area contributed by atoms with Crippen LogP contribution in [0.2, 0.25) is 0 Å². The lowest BCUT2D eigenvalue weighted by molar-refractivity contribution is 1.20. The van der Waals surface area contributed by atoms with Gasteiger partial charge in [0.05, 0.1) is 0 Å². The Hall–Kier alpha value is -6.04. The molecule has 0 N–H and O–H groups in total. The highest BCUT2D eigenvalue weighted by Gasteiger charge is 2.17. The van der Waals surface area contributed by atoms with E-state index in [0.717, 1.165) is 39.6 Å². The fraction of sp³-hybridized carbons (Fsp3) is 0.0455. The van der Waals surface area contributed by atoms with E-state index in [4.69, 9.17) is 0 Å². The summed E-state index contributed by atoms with van der Waals surface area (Å²) < 4.78 is 0. The zero-order valence-electron chi connectivity index (χ0n) is 26.1. The Labute approximate surface area is 271 Å². The van der Waals surface area contributed by atoms with Crippen molar-refractivity contribution < 1.29 is 0 Å². The van der Waals surface area contributed by atoms with E-state index in [9.17, 15) is 0 Å². The second kappa shape index (κ2) is 12.9. The molecule has 0 amide bonds. The first-order chi connectivity index (χ1) is 22.6. The second-order valence-electron chi connectivity index (χ2n) is 11.5. The highest BCUT2D eigenvalue weighted by Crippen LogP contribution is 2.40. The van der Waals surface area contributed by atoms with Crippen molar-refractivity contribution in [3.63, 3.8) is 0 Å². The quantitative estimate of drug-likeness (QED) is 0.163. The molecule has 0 radical (unpaired) electrons. The number of allylic oxidation sites excluding steroid dienone is 4. The third kappa shape index (κ3) is 6.00. The van der Waals surface area contributed by atoms with Crippen LogP contribution in [-0.2, 0) is 0 Å². The van der Waals surface area contributed by atoms with Gasteiger partial charge < -0.3 is 9.80 Å². The van der Waals surface area contributed by atoms with E-state index in [1.165, 1.54) is 27.8 Å². The van der Waals surface area contributed by atoms with E-state index in [0.29, 0.717) is 0 Å². The summed E-state index contributed by atoms with van der Waals surface area (Å²) in [4.78, 5) is 4.61. The van der Waals surface area contributed by atoms with Gasteiger partial charge in [0.2, 0.25) is 0 Å². The van der Waals surface area contributed by atoms with Crippen molar-refractivity contribution in [2.45, 2.75) is 6.92 Å². The van der Waals surface area contributed by atoms with E-state index < -0.39 is 0 Å². The minimum Gasteiger partial charge on any atom is -0.345 e. The molecule has 1 aliphatic rings. The van der Waals surface area contributed by atoms with Crippen molar-refractivity contribution >= 4 is 34.0 Å². The van der Waals surface area contributed by atoms with Crippen molar-refractivity contribution in [2.75, 3.05) is 16.8 Å². The number of anilines is 5. The van der Waals surface area contributed by atoms with E-state index in [1.807, 2.05) is 12.2 Å². The largest absolute Gasteiger partial charge is 0.345 e. The summed E-state index contributed by atoms with van der Waals surface area (Å²) >= 11 is 0. The minimum atomic E-state index is 1.09. The molecule has 0 aliphatic heterocycles. The minimum absolute atomic E-state index is 1.09. The molecule has 1 aliphatic carbocycles. The van der Waals surface area contributed by atoms with Gasteiger partial charge in [0, 0.05) is 35.5 Å². The molecule has 6 aromatic rings. The smallest absolute Gasteiger partial charge is 0.0496 e. The van der Waals surface area contributed by atoms with Gasteiger partial charge in [-0.25, -0.2) is 0 Å². The highest BCUT2D eigenvalue weighted by molar-refractivity contribution is 5.85. The van der Waals surface area contributed by atoms with E-state index in [-0.39, 0.29) is 0 Å². The van der Waals surface area contributed by atoms with Gasteiger partial charge in [0.1, 0.15) is 0 Å². The molecule has 0 spiro atoms. The van der Waals surface area contributed by atoms with E-state index >= 15 is 0 Å². The molecular weight excluding hydrogens is 556 g/mol. The maximum atomic E-state index is 3.11. The number of hydrogen-bond donors (Lipinski definition) is 0. The van der Waals surface area contributed by atoms with Crippen LogP contribution in [0.3, 0.4) is 0 Å². The number of benzene rings is 6. The fourth-order valence-electron chi connectivity index (χ4n) is 5.94. The third-order valence-electron chi connectivity index (χ3n) is 8.49. The SMILES string of the molecule is Cc1ccc(-c2ccccc2)cc1N(c1ccc(N(C)c2cccc(-c3ccccc3)c2)cc1)c1cccc(C2=CC=C=C=C2)c1. The van der Waals surface area contributed by atoms with Gasteiger partial charge in [0.25, 0.3) is 0 Å². The van der Waals surface area contributed by atoms with Crippen LogP contribution in [-0.4, -0.2) is 7.05 Å².